The van der Waals surface area contributed by atoms with Crippen LogP contribution in [0.4, 0.5) is 5.69 Å². The fourth-order valence-electron chi connectivity index (χ4n) is 4.67. The predicted molar refractivity (Wildman–Crippen MR) is 118 cm³/mol. The van der Waals surface area contributed by atoms with Gasteiger partial charge in [-0.3, -0.25) is 4.79 Å². The molecule has 0 fully saturated rings. The Morgan fingerprint density at radius 3 is 2.79 bits per heavy atom. The highest BCUT2D eigenvalue weighted by Gasteiger charge is 2.41. The molecule has 0 amide bonds. The molecule has 4 nitrogen and oxygen atoms in total. The SMILES string of the molecule is COc1cc([C@@H]2c3c(ccc4ccccc34)NC3=CCCC(=O)[C@H]32)cc(Br)c1O. The average Bonchev–Trinajstić information content (AvgIpc) is 2.74. The van der Waals surface area contributed by atoms with Crippen LogP contribution in [0, 0.1) is 5.92 Å². The number of ketones is 1. The summed E-state index contributed by atoms with van der Waals surface area (Å²) in [6.45, 7) is 0. The van der Waals surface area contributed by atoms with Crippen LogP contribution in [0.15, 0.2) is 64.8 Å². The zero-order valence-electron chi connectivity index (χ0n) is 15.9. The second kappa shape index (κ2) is 6.92. The summed E-state index contributed by atoms with van der Waals surface area (Å²) in [6.07, 6.45) is 3.45. The average molecular weight is 450 g/mol. The third-order valence-corrected chi connectivity index (χ3v) is 6.57. The molecule has 5 heteroatoms. The number of anilines is 1. The number of methoxy groups -OCH3 is 1. The number of phenolic OH excluding ortho intramolecular Hbond substituents is 1. The van der Waals surface area contributed by atoms with Gasteiger partial charge in [-0.15, -0.1) is 0 Å². The maximum Gasteiger partial charge on any atom is 0.172 e. The molecule has 0 spiro atoms. The molecule has 146 valence electrons. The van der Waals surface area contributed by atoms with E-state index >= 15 is 0 Å². The Hall–Kier alpha value is -2.79. The van der Waals surface area contributed by atoms with Crippen LogP contribution in [0.1, 0.15) is 29.9 Å². The van der Waals surface area contributed by atoms with E-state index in [1.165, 1.54) is 7.11 Å². The van der Waals surface area contributed by atoms with Crippen molar-refractivity contribution in [2.24, 2.45) is 5.92 Å². The lowest BCUT2D eigenvalue weighted by molar-refractivity contribution is -0.122. The summed E-state index contributed by atoms with van der Waals surface area (Å²) in [5.74, 6) is 0.254. The van der Waals surface area contributed by atoms with Crippen LogP contribution in [-0.2, 0) is 4.79 Å². The zero-order valence-corrected chi connectivity index (χ0v) is 17.5. The molecule has 3 aromatic rings. The van der Waals surface area contributed by atoms with Gasteiger partial charge in [-0.2, -0.15) is 0 Å². The lowest BCUT2D eigenvalue weighted by Crippen LogP contribution is -2.34. The van der Waals surface area contributed by atoms with Gasteiger partial charge in [-0.1, -0.05) is 36.4 Å². The van der Waals surface area contributed by atoms with Crippen LogP contribution in [0.25, 0.3) is 10.8 Å². The van der Waals surface area contributed by atoms with Gasteiger partial charge in [0.15, 0.2) is 11.5 Å². The van der Waals surface area contributed by atoms with Crippen LogP contribution in [-0.4, -0.2) is 18.0 Å². The third kappa shape index (κ3) is 2.84. The molecule has 29 heavy (non-hydrogen) atoms. The molecule has 1 aliphatic carbocycles. The number of allylic oxidation sites excluding steroid dienone is 2. The number of rotatable bonds is 2. The monoisotopic (exact) mass is 449 g/mol. The fourth-order valence-corrected chi connectivity index (χ4v) is 5.13. The molecule has 0 aromatic heterocycles. The first kappa shape index (κ1) is 18.3. The van der Waals surface area contributed by atoms with Crippen molar-refractivity contribution in [2.45, 2.75) is 18.8 Å². The normalized spacial score (nSPS) is 20.5. The van der Waals surface area contributed by atoms with E-state index in [0.29, 0.717) is 16.6 Å². The summed E-state index contributed by atoms with van der Waals surface area (Å²) in [5, 5.41) is 16.1. The second-order valence-electron chi connectivity index (χ2n) is 7.55. The number of carbonyl (C=O) groups excluding carboxylic acids is 1. The number of nitrogens with one attached hydrogen (secondary N) is 1. The Morgan fingerprint density at radius 2 is 1.97 bits per heavy atom. The maximum atomic E-state index is 13.1. The first-order chi connectivity index (χ1) is 14.1. The number of hydrogen-bond donors (Lipinski definition) is 2. The number of ether oxygens (including phenoxy) is 1. The third-order valence-electron chi connectivity index (χ3n) is 5.96. The summed E-state index contributed by atoms with van der Waals surface area (Å²) in [4.78, 5) is 13.1. The van der Waals surface area contributed by atoms with Gasteiger partial charge in [0.25, 0.3) is 0 Å². The number of fused-ring (bicyclic) bond motifs is 4. The van der Waals surface area contributed by atoms with Gasteiger partial charge >= 0.3 is 0 Å². The minimum Gasteiger partial charge on any atom is -0.503 e. The molecule has 0 saturated carbocycles. The lowest BCUT2D eigenvalue weighted by Gasteiger charge is -2.38. The highest BCUT2D eigenvalue weighted by Crippen LogP contribution is 2.51. The van der Waals surface area contributed by atoms with Crippen molar-refractivity contribution in [2.75, 3.05) is 12.4 Å². The minimum atomic E-state index is -0.275. The van der Waals surface area contributed by atoms with Crippen molar-refractivity contribution in [1.82, 2.24) is 0 Å². The molecule has 0 radical (unpaired) electrons. The van der Waals surface area contributed by atoms with E-state index in [1.807, 2.05) is 24.3 Å². The molecule has 0 unspecified atom stereocenters. The zero-order chi connectivity index (χ0) is 20.1. The first-order valence-corrected chi connectivity index (χ1v) is 10.5. The van der Waals surface area contributed by atoms with E-state index in [1.54, 1.807) is 0 Å². The lowest BCUT2D eigenvalue weighted by atomic mass is 9.70. The van der Waals surface area contributed by atoms with Gasteiger partial charge in [0.1, 0.15) is 5.78 Å². The summed E-state index contributed by atoms with van der Waals surface area (Å²) in [6, 6.07) is 16.2. The molecule has 0 bridgehead atoms. The number of Topliss-reactive ketones (excluding diaryl/α,β-unsaturated/α-hetero) is 1. The number of hydrogen-bond acceptors (Lipinski definition) is 4. The molecule has 5 rings (SSSR count). The smallest absolute Gasteiger partial charge is 0.172 e. The van der Waals surface area contributed by atoms with Crippen LogP contribution < -0.4 is 10.1 Å². The Balaban J connectivity index is 1.84. The fraction of sp³-hybridized carbons (Fsp3) is 0.208. The largest absolute Gasteiger partial charge is 0.503 e. The van der Waals surface area contributed by atoms with E-state index in [9.17, 15) is 9.90 Å². The van der Waals surface area contributed by atoms with Crippen molar-refractivity contribution in [1.29, 1.82) is 0 Å². The van der Waals surface area contributed by atoms with E-state index in [0.717, 1.165) is 39.7 Å². The van der Waals surface area contributed by atoms with Crippen molar-refractivity contribution < 1.29 is 14.6 Å². The molecule has 0 saturated heterocycles. The molecular weight excluding hydrogens is 430 g/mol. The number of benzene rings is 3. The number of phenols is 1. The highest BCUT2D eigenvalue weighted by atomic mass is 79.9. The van der Waals surface area contributed by atoms with Crippen LogP contribution in [0.3, 0.4) is 0 Å². The quantitative estimate of drug-likeness (QED) is 0.523. The molecular formula is C24H20BrNO3. The minimum absolute atomic E-state index is 0.0639. The Kier molecular flexibility index (Phi) is 4.36. The van der Waals surface area contributed by atoms with E-state index in [-0.39, 0.29) is 23.4 Å². The molecule has 2 N–H and O–H groups in total. The second-order valence-corrected chi connectivity index (χ2v) is 8.40. The van der Waals surface area contributed by atoms with Gasteiger partial charge in [-0.25, -0.2) is 0 Å². The van der Waals surface area contributed by atoms with Crippen molar-refractivity contribution in [3.63, 3.8) is 0 Å². The van der Waals surface area contributed by atoms with Gasteiger partial charge < -0.3 is 15.2 Å². The van der Waals surface area contributed by atoms with Crippen LogP contribution >= 0.6 is 15.9 Å². The van der Waals surface area contributed by atoms with Crippen LogP contribution in [0.5, 0.6) is 11.5 Å². The summed E-state index contributed by atoms with van der Waals surface area (Å²) < 4.78 is 5.96. The van der Waals surface area contributed by atoms with Gasteiger partial charge in [0, 0.05) is 23.7 Å². The molecule has 1 heterocycles. The summed E-state index contributed by atoms with van der Waals surface area (Å²) >= 11 is 3.45. The van der Waals surface area contributed by atoms with Crippen molar-refractivity contribution >= 4 is 38.2 Å². The van der Waals surface area contributed by atoms with Crippen molar-refractivity contribution in [3.05, 3.63) is 75.9 Å². The Labute approximate surface area is 177 Å². The van der Waals surface area contributed by atoms with Gasteiger partial charge in [0.2, 0.25) is 0 Å². The van der Waals surface area contributed by atoms with E-state index in [2.05, 4.69) is 51.6 Å². The van der Waals surface area contributed by atoms with Crippen LogP contribution in [0.2, 0.25) is 0 Å². The predicted octanol–water partition coefficient (Wildman–Crippen LogP) is 5.74. The standard InChI is InChI=1S/C24H20BrNO3/c1-29-20-12-14(11-16(25)24(20)28)21-22-15-6-3-2-5-13(15)9-10-18(22)26-17-7-4-8-19(27)23(17)21/h2-3,5-7,9-12,21,23,26,28H,4,8H2,1H3/t21-,23+/m1/s1. The van der Waals surface area contributed by atoms with Crippen molar-refractivity contribution in [3.8, 4) is 11.5 Å². The topological polar surface area (TPSA) is 58.6 Å². The number of aromatic hydroxyl groups is 1. The maximum absolute atomic E-state index is 13.1. The first-order valence-electron chi connectivity index (χ1n) is 9.66. The summed E-state index contributed by atoms with van der Waals surface area (Å²) in [5.41, 5.74) is 4.04. The Bertz CT molecular complexity index is 1180. The molecule has 3 aromatic carbocycles. The van der Waals surface area contributed by atoms with Gasteiger partial charge in [-0.05, 0) is 62.4 Å². The number of carbonyl (C=O) groups is 1. The van der Waals surface area contributed by atoms with E-state index < -0.39 is 0 Å². The molecule has 2 aliphatic rings. The van der Waals surface area contributed by atoms with E-state index in [4.69, 9.17) is 4.74 Å². The molecule has 1 aliphatic heterocycles. The molecule has 2 atom stereocenters. The van der Waals surface area contributed by atoms with Gasteiger partial charge in [0.05, 0.1) is 17.5 Å². The number of halogens is 1. The summed E-state index contributed by atoms with van der Waals surface area (Å²) in [7, 11) is 1.54. The Morgan fingerprint density at radius 1 is 1.14 bits per heavy atom. The highest BCUT2D eigenvalue weighted by molar-refractivity contribution is 9.10.